The highest BCUT2D eigenvalue weighted by atomic mass is 16.1. The molecular weight excluding hydrogens is 224 g/mol. The molecule has 1 aliphatic carbocycles. The van der Waals surface area contributed by atoms with E-state index in [1.807, 2.05) is 0 Å². The Morgan fingerprint density at radius 3 is 2.17 bits per heavy atom. The minimum absolute atomic E-state index is 0.00875. The average molecular weight is 252 g/mol. The number of carbonyl (C=O) groups is 1. The molecule has 0 N–H and O–H groups in total. The number of carbonyl (C=O) groups excluding carboxylic acids is 1. The third-order valence-electron chi connectivity index (χ3n) is 4.64. The van der Waals surface area contributed by atoms with Crippen LogP contribution in [-0.2, 0) is 4.79 Å². The molecule has 0 amide bonds. The first-order chi connectivity index (χ1) is 8.78. The fourth-order valence-corrected chi connectivity index (χ4v) is 3.50. The summed E-state index contributed by atoms with van der Waals surface area (Å²) in [5, 5.41) is 0. The van der Waals surface area contributed by atoms with Gasteiger partial charge in [-0.15, -0.1) is 0 Å². The van der Waals surface area contributed by atoms with Gasteiger partial charge in [0.1, 0.15) is 6.29 Å². The van der Waals surface area contributed by atoms with Gasteiger partial charge in [-0.2, -0.15) is 0 Å². The predicted octanol–water partition coefficient (Wildman–Crippen LogP) is 2.16. The minimum Gasteiger partial charge on any atom is -0.303 e. The second kappa shape index (κ2) is 6.67. The molecule has 3 nitrogen and oxygen atoms in total. The zero-order valence-corrected chi connectivity index (χ0v) is 11.9. The fraction of sp³-hybridized carbons (Fsp3) is 0.933. The highest BCUT2D eigenvalue weighted by Gasteiger charge is 2.34. The summed E-state index contributed by atoms with van der Waals surface area (Å²) in [7, 11) is 0. The highest BCUT2D eigenvalue weighted by molar-refractivity contribution is 5.60. The second-order valence-electron chi connectivity index (χ2n) is 6.16. The Morgan fingerprint density at radius 2 is 1.61 bits per heavy atom. The van der Waals surface area contributed by atoms with Gasteiger partial charge in [-0.05, 0) is 25.8 Å². The summed E-state index contributed by atoms with van der Waals surface area (Å²) in [4.78, 5) is 16.6. The lowest BCUT2D eigenvalue weighted by molar-refractivity contribution is -0.119. The lowest BCUT2D eigenvalue weighted by atomic mass is 9.75. The fourth-order valence-electron chi connectivity index (χ4n) is 3.50. The Balaban J connectivity index is 1.80. The van der Waals surface area contributed by atoms with Gasteiger partial charge in [-0.3, -0.25) is 4.90 Å². The molecule has 1 saturated heterocycles. The molecule has 0 unspecified atom stereocenters. The third-order valence-corrected chi connectivity index (χ3v) is 4.64. The van der Waals surface area contributed by atoms with E-state index in [1.165, 1.54) is 51.6 Å². The normalized spacial score (nSPS) is 26.1. The van der Waals surface area contributed by atoms with E-state index in [0.29, 0.717) is 0 Å². The van der Waals surface area contributed by atoms with Crippen LogP contribution in [0.25, 0.3) is 0 Å². The molecule has 1 heterocycles. The van der Waals surface area contributed by atoms with Crippen LogP contribution >= 0.6 is 0 Å². The van der Waals surface area contributed by atoms with Gasteiger partial charge in [0.25, 0.3) is 0 Å². The van der Waals surface area contributed by atoms with Gasteiger partial charge in [0.05, 0.1) is 0 Å². The Hall–Kier alpha value is -0.410. The van der Waals surface area contributed by atoms with Crippen LogP contribution in [0.5, 0.6) is 0 Å². The maximum absolute atomic E-state index is 11.5. The maximum Gasteiger partial charge on any atom is 0.127 e. The van der Waals surface area contributed by atoms with Crippen LogP contribution < -0.4 is 0 Å². The molecule has 0 spiro atoms. The molecule has 0 aromatic carbocycles. The van der Waals surface area contributed by atoms with E-state index < -0.39 is 0 Å². The van der Waals surface area contributed by atoms with E-state index >= 15 is 0 Å². The molecular formula is C15H28N2O. The first kappa shape index (κ1) is 14.0. The van der Waals surface area contributed by atoms with Crippen molar-refractivity contribution >= 4 is 6.29 Å². The molecule has 1 saturated carbocycles. The Kier molecular flexibility index (Phi) is 5.19. The molecule has 0 atom stereocenters. The molecule has 0 bridgehead atoms. The SMILES string of the molecule is CCCN1CCN(CC2(C=O)CCCCC2)CC1. The van der Waals surface area contributed by atoms with Gasteiger partial charge in [-0.25, -0.2) is 0 Å². The number of rotatable bonds is 5. The first-order valence-corrected chi connectivity index (χ1v) is 7.69. The van der Waals surface area contributed by atoms with Crippen LogP contribution in [0.1, 0.15) is 45.4 Å². The van der Waals surface area contributed by atoms with E-state index in [9.17, 15) is 4.79 Å². The van der Waals surface area contributed by atoms with Crippen molar-refractivity contribution in [1.29, 1.82) is 0 Å². The summed E-state index contributed by atoms with van der Waals surface area (Å²) in [6, 6.07) is 0. The lowest BCUT2D eigenvalue weighted by Gasteiger charge is -2.41. The van der Waals surface area contributed by atoms with E-state index in [0.717, 1.165) is 32.5 Å². The Morgan fingerprint density at radius 1 is 1.00 bits per heavy atom. The number of nitrogens with zero attached hydrogens (tertiary/aromatic N) is 2. The number of piperazine rings is 1. The van der Waals surface area contributed by atoms with Crippen LogP contribution in [-0.4, -0.2) is 55.4 Å². The minimum atomic E-state index is -0.00875. The van der Waals surface area contributed by atoms with Crippen molar-refractivity contribution in [1.82, 2.24) is 9.80 Å². The van der Waals surface area contributed by atoms with E-state index in [2.05, 4.69) is 16.7 Å². The monoisotopic (exact) mass is 252 g/mol. The zero-order chi connectivity index (χ0) is 12.8. The topological polar surface area (TPSA) is 23.6 Å². The second-order valence-corrected chi connectivity index (χ2v) is 6.16. The molecule has 3 heteroatoms. The van der Waals surface area contributed by atoms with Gasteiger partial charge in [0.15, 0.2) is 0 Å². The molecule has 0 aromatic rings. The van der Waals surface area contributed by atoms with Crippen LogP contribution in [0, 0.1) is 5.41 Å². The van der Waals surface area contributed by atoms with Crippen LogP contribution in [0.4, 0.5) is 0 Å². The van der Waals surface area contributed by atoms with Crippen molar-refractivity contribution in [3.63, 3.8) is 0 Å². The lowest BCUT2D eigenvalue weighted by Crippen LogP contribution is -2.50. The van der Waals surface area contributed by atoms with Gasteiger partial charge in [0.2, 0.25) is 0 Å². The van der Waals surface area contributed by atoms with Crippen molar-refractivity contribution in [3.05, 3.63) is 0 Å². The van der Waals surface area contributed by atoms with Crippen LogP contribution in [0.2, 0.25) is 0 Å². The average Bonchev–Trinajstić information content (AvgIpc) is 2.42. The van der Waals surface area contributed by atoms with Gasteiger partial charge in [0, 0.05) is 38.1 Å². The van der Waals surface area contributed by atoms with Crippen molar-refractivity contribution in [3.8, 4) is 0 Å². The first-order valence-electron chi connectivity index (χ1n) is 7.69. The summed E-state index contributed by atoms with van der Waals surface area (Å²) in [6.07, 6.45) is 8.56. The molecule has 0 aromatic heterocycles. The van der Waals surface area contributed by atoms with Crippen LogP contribution in [0.15, 0.2) is 0 Å². The molecule has 104 valence electrons. The van der Waals surface area contributed by atoms with Crippen molar-refractivity contribution in [2.75, 3.05) is 39.3 Å². The summed E-state index contributed by atoms with van der Waals surface area (Å²) in [6.45, 7) is 9.15. The summed E-state index contributed by atoms with van der Waals surface area (Å²) in [5.74, 6) is 0. The maximum atomic E-state index is 11.5. The van der Waals surface area contributed by atoms with Gasteiger partial charge >= 0.3 is 0 Å². The highest BCUT2D eigenvalue weighted by Crippen LogP contribution is 2.35. The van der Waals surface area contributed by atoms with Gasteiger partial charge in [-0.1, -0.05) is 26.2 Å². The van der Waals surface area contributed by atoms with Crippen molar-refractivity contribution < 1.29 is 4.79 Å². The van der Waals surface area contributed by atoms with Gasteiger partial charge < -0.3 is 9.69 Å². The van der Waals surface area contributed by atoms with E-state index in [-0.39, 0.29) is 5.41 Å². The Labute approximate surface area is 112 Å². The van der Waals surface area contributed by atoms with Crippen molar-refractivity contribution in [2.24, 2.45) is 5.41 Å². The molecule has 2 fully saturated rings. The predicted molar refractivity (Wildman–Crippen MR) is 74.8 cm³/mol. The number of hydrogen-bond acceptors (Lipinski definition) is 3. The summed E-state index contributed by atoms with van der Waals surface area (Å²) >= 11 is 0. The summed E-state index contributed by atoms with van der Waals surface area (Å²) in [5.41, 5.74) is -0.00875. The van der Waals surface area contributed by atoms with Crippen molar-refractivity contribution in [2.45, 2.75) is 45.4 Å². The standard InChI is InChI=1S/C15H28N2O/c1-2-8-16-9-11-17(12-10-16)13-15(14-18)6-4-3-5-7-15/h14H,2-13H2,1H3. The largest absolute Gasteiger partial charge is 0.303 e. The van der Waals surface area contributed by atoms with Crippen LogP contribution in [0.3, 0.4) is 0 Å². The van der Waals surface area contributed by atoms with E-state index in [4.69, 9.17) is 0 Å². The zero-order valence-electron chi connectivity index (χ0n) is 11.9. The summed E-state index contributed by atoms with van der Waals surface area (Å²) < 4.78 is 0. The third kappa shape index (κ3) is 3.55. The smallest absolute Gasteiger partial charge is 0.127 e. The molecule has 18 heavy (non-hydrogen) atoms. The quantitative estimate of drug-likeness (QED) is 0.701. The molecule has 2 rings (SSSR count). The number of aldehydes is 1. The van der Waals surface area contributed by atoms with E-state index in [1.54, 1.807) is 0 Å². The number of hydrogen-bond donors (Lipinski definition) is 0. The molecule has 1 aliphatic heterocycles. The molecule has 2 aliphatic rings. The molecule has 0 radical (unpaired) electrons. The Bertz CT molecular complexity index is 253.